The number of carbonyl (C=O) groups is 1. The van der Waals surface area contributed by atoms with Crippen LogP contribution in [0.2, 0.25) is 0 Å². The average molecular weight is 306 g/mol. The van der Waals surface area contributed by atoms with Gasteiger partial charge < -0.3 is 24.4 Å². The van der Waals surface area contributed by atoms with Crippen molar-refractivity contribution in [1.29, 1.82) is 0 Å². The molecule has 1 aromatic carbocycles. The molecule has 0 spiro atoms. The molecule has 1 heterocycles. The molecule has 1 fully saturated rings. The molecule has 6 nitrogen and oxygen atoms in total. The van der Waals surface area contributed by atoms with Gasteiger partial charge in [0.2, 0.25) is 11.7 Å². The molecule has 1 amide bonds. The first-order chi connectivity index (χ1) is 10.7. The van der Waals surface area contributed by atoms with Crippen molar-refractivity contribution >= 4 is 12.0 Å². The van der Waals surface area contributed by atoms with Crippen LogP contribution >= 0.6 is 0 Å². The second kappa shape index (κ2) is 7.70. The number of amides is 1. The summed E-state index contributed by atoms with van der Waals surface area (Å²) in [6, 6.07) is 3.62. The quantitative estimate of drug-likeness (QED) is 0.827. The molecule has 1 aliphatic heterocycles. The lowest BCUT2D eigenvalue weighted by atomic mass is 10.1. The van der Waals surface area contributed by atoms with Gasteiger partial charge in [-0.2, -0.15) is 0 Å². The minimum Gasteiger partial charge on any atom is -0.493 e. The number of nitrogens with zero attached hydrogens (tertiary/aromatic N) is 1. The van der Waals surface area contributed by atoms with Crippen LogP contribution in [0.3, 0.4) is 0 Å². The molecule has 1 saturated heterocycles. The van der Waals surface area contributed by atoms with Crippen LogP contribution in [0.15, 0.2) is 18.2 Å². The molecule has 1 aliphatic rings. The maximum Gasteiger partial charge on any atom is 0.246 e. The number of hydrogen-bond donors (Lipinski definition) is 1. The number of methoxy groups -OCH3 is 3. The minimum absolute atomic E-state index is 0.00949. The number of benzene rings is 1. The van der Waals surface area contributed by atoms with Gasteiger partial charge in [0.15, 0.2) is 11.5 Å². The maximum absolute atomic E-state index is 12.1. The Morgan fingerprint density at radius 1 is 1.09 bits per heavy atom. The van der Waals surface area contributed by atoms with Crippen LogP contribution in [0, 0.1) is 0 Å². The molecule has 22 heavy (non-hydrogen) atoms. The molecule has 0 aromatic heterocycles. The molecule has 6 heteroatoms. The van der Waals surface area contributed by atoms with Gasteiger partial charge in [-0.25, -0.2) is 0 Å². The molecular formula is C16H22N2O4. The highest BCUT2D eigenvalue weighted by Gasteiger charge is 2.14. The van der Waals surface area contributed by atoms with Gasteiger partial charge in [0.05, 0.1) is 21.3 Å². The highest BCUT2D eigenvalue weighted by Crippen LogP contribution is 2.38. The summed E-state index contributed by atoms with van der Waals surface area (Å²) in [4.78, 5) is 14.0. The Morgan fingerprint density at radius 3 is 2.18 bits per heavy atom. The second-order valence-corrected chi connectivity index (χ2v) is 4.87. The fourth-order valence-corrected chi connectivity index (χ4v) is 2.36. The Morgan fingerprint density at radius 2 is 1.68 bits per heavy atom. The zero-order valence-corrected chi connectivity index (χ0v) is 13.2. The molecule has 0 atom stereocenters. The van der Waals surface area contributed by atoms with Crippen molar-refractivity contribution in [3.63, 3.8) is 0 Å². The van der Waals surface area contributed by atoms with E-state index in [0.717, 1.165) is 31.7 Å². The Labute approximate surface area is 130 Å². The highest BCUT2D eigenvalue weighted by atomic mass is 16.5. The number of hydrogen-bond acceptors (Lipinski definition) is 5. The van der Waals surface area contributed by atoms with Crippen molar-refractivity contribution in [2.75, 3.05) is 47.5 Å². The van der Waals surface area contributed by atoms with Gasteiger partial charge in [0, 0.05) is 32.3 Å². The van der Waals surface area contributed by atoms with Crippen molar-refractivity contribution in [3.05, 3.63) is 23.8 Å². The molecule has 0 radical (unpaired) electrons. The SMILES string of the molecule is COc1cc(C=CC(=O)N2CCNCC2)cc(OC)c1OC. The lowest BCUT2D eigenvalue weighted by Crippen LogP contribution is -2.45. The van der Waals surface area contributed by atoms with Crippen LogP contribution < -0.4 is 19.5 Å². The first-order valence-electron chi connectivity index (χ1n) is 7.17. The number of nitrogens with one attached hydrogen (secondary N) is 1. The summed E-state index contributed by atoms with van der Waals surface area (Å²) >= 11 is 0. The van der Waals surface area contributed by atoms with E-state index in [1.54, 1.807) is 33.5 Å². The van der Waals surface area contributed by atoms with Crippen LogP contribution in [0.1, 0.15) is 5.56 Å². The van der Waals surface area contributed by atoms with Crippen molar-refractivity contribution < 1.29 is 19.0 Å². The first kappa shape index (κ1) is 16.2. The molecule has 1 N–H and O–H groups in total. The molecule has 0 aliphatic carbocycles. The topological polar surface area (TPSA) is 60.0 Å². The number of ether oxygens (including phenoxy) is 3. The Hall–Kier alpha value is -2.21. The van der Waals surface area contributed by atoms with Gasteiger partial charge in [-0.15, -0.1) is 0 Å². The van der Waals surface area contributed by atoms with Crippen LogP contribution in [-0.4, -0.2) is 58.3 Å². The third-order valence-corrected chi connectivity index (χ3v) is 3.53. The standard InChI is InChI=1S/C16H22N2O4/c1-20-13-10-12(11-14(21-2)16(13)22-3)4-5-15(19)18-8-6-17-7-9-18/h4-5,10-11,17H,6-9H2,1-3H3. The Kier molecular flexibility index (Phi) is 5.66. The molecule has 120 valence electrons. The van der Waals surface area contributed by atoms with Crippen LogP contribution in [-0.2, 0) is 4.79 Å². The summed E-state index contributed by atoms with van der Waals surface area (Å²) in [5, 5.41) is 3.22. The highest BCUT2D eigenvalue weighted by molar-refractivity contribution is 5.92. The van der Waals surface area contributed by atoms with E-state index in [1.165, 1.54) is 0 Å². The lowest BCUT2D eigenvalue weighted by molar-refractivity contribution is -0.126. The van der Waals surface area contributed by atoms with Crippen molar-refractivity contribution in [3.8, 4) is 17.2 Å². The molecular weight excluding hydrogens is 284 g/mol. The molecule has 0 unspecified atom stereocenters. The van der Waals surface area contributed by atoms with Gasteiger partial charge in [0.1, 0.15) is 0 Å². The summed E-state index contributed by atoms with van der Waals surface area (Å²) < 4.78 is 15.9. The van der Waals surface area contributed by atoms with E-state index in [2.05, 4.69) is 5.32 Å². The molecule has 0 saturated carbocycles. The van der Waals surface area contributed by atoms with Crippen molar-refractivity contribution in [2.24, 2.45) is 0 Å². The Balaban J connectivity index is 2.17. The van der Waals surface area contributed by atoms with Gasteiger partial charge in [-0.3, -0.25) is 4.79 Å². The average Bonchev–Trinajstić information content (AvgIpc) is 2.59. The summed E-state index contributed by atoms with van der Waals surface area (Å²) in [7, 11) is 4.69. The van der Waals surface area contributed by atoms with E-state index < -0.39 is 0 Å². The monoisotopic (exact) mass is 306 g/mol. The summed E-state index contributed by atoms with van der Waals surface area (Å²) in [6.45, 7) is 3.14. The maximum atomic E-state index is 12.1. The van der Waals surface area contributed by atoms with E-state index >= 15 is 0 Å². The Bertz CT molecular complexity index is 526. The summed E-state index contributed by atoms with van der Waals surface area (Å²) in [6.07, 6.45) is 3.33. The largest absolute Gasteiger partial charge is 0.493 e. The lowest BCUT2D eigenvalue weighted by Gasteiger charge is -2.26. The first-order valence-corrected chi connectivity index (χ1v) is 7.17. The number of rotatable bonds is 5. The van der Waals surface area contributed by atoms with Crippen molar-refractivity contribution in [2.45, 2.75) is 0 Å². The molecule has 0 bridgehead atoms. The predicted octanol–water partition coefficient (Wildman–Crippen LogP) is 1.16. The summed E-state index contributed by atoms with van der Waals surface area (Å²) in [5.74, 6) is 1.68. The van der Waals surface area contributed by atoms with Crippen LogP contribution in [0.4, 0.5) is 0 Å². The van der Waals surface area contributed by atoms with Crippen molar-refractivity contribution in [1.82, 2.24) is 10.2 Å². The van der Waals surface area contributed by atoms with Crippen LogP contribution in [0.5, 0.6) is 17.2 Å². The third kappa shape index (κ3) is 3.71. The minimum atomic E-state index is 0.00949. The van der Waals surface area contributed by atoms with E-state index in [1.807, 2.05) is 17.0 Å². The second-order valence-electron chi connectivity index (χ2n) is 4.87. The van der Waals surface area contributed by atoms with Gasteiger partial charge in [-0.1, -0.05) is 0 Å². The van der Waals surface area contributed by atoms with E-state index in [0.29, 0.717) is 17.2 Å². The van der Waals surface area contributed by atoms with E-state index in [9.17, 15) is 4.79 Å². The smallest absolute Gasteiger partial charge is 0.246 e. The normalized spacial score (nSPS) is 15.0. The predicted molar refractivity (Wildman–Crippen MR) is 84.6 cm³/mol. The zero-order chi connectivity index (χ0) is 15.9. The zero-order valence-electron chi connectivity index (χ0n) is 13.2. The third-order valence-electron chi connectivity index (χ3n) is 3.53. The molecule has 1 aromatic rings. The molecule has 2 rings (SSSR count). The fraction of sp³-hybridized carbons (Fsp3) is 0.438. The van der Waals surface area contributed by atoms with E-state index in [-0.39, 0.29) is 5.91 Å². The van der Waals surface area contributed by atoms with Gasteiger partial charge in [0.25, 0.3) is 0 Å². The van der Waals surface area contributed by atoms with E-state index in [4.69, 9.17) is 14.2 Å². The van der Waals surface area contributed by atoms with Gasteiger partial charge in [-0.05, 0) is 23.8 Å². The fourth-order valence-electron chi connectivity index (χ4n) is 2.36. The number of carbonyl (C=O) groups excluding carboxylic acids is 1. The van der Waals surface area contributed by atoms with Crippen LogP contribution in [0.25, 0.3) is 6.08 Å². The summed E-state index contributed by atoms with van der Waals surface area (Å²) in [5.41, 5.74) is 0.818. The number of piperazine rings is 1. The van der Waals surface area contributed by atoms with Gasteiger partial charge >= 0.3 is 0 Å².